The summed E-state index contributed by atoms with van der Waals surface area (Å²) in [5.74, 6) is -1.54. The van der Waals surface area contributed by atoms with Gasteiger partial charge in [0.1, 0.15) is 0 Å². The zero-order chi connectivity index (χ0) is 13.1. The molecule has 0 aliphatic carbocycles. The van der Waals surface area contributed by atoms with Crippen molar-refractivity contribution >= 4 is 31.7 Å². The molecule has 94 valence electrons. The molecule has 1 aromatic carbocycles. The van der Waals surface area contributed by atoms with E-state index >= 15 is 0 Å². The van der Waals surface area contributed by atoms with E-state index in [4.69, 9.17) is 5.11 Å². The molecule has 0 saturated carbocycles. The molecular formula is C11H13BrO4S. The summed E-state index contributed by atoms with van der Waals surface area (Å²) < 4.78 is 24.5. The largest absolute Gasteiger partial charge is 0.480 e. The van der Waals surface area contributed by atoms with E-state index in [0.29, 0.717) is 5.56 Å². The van der Waals surface area contributed by atoms with Crippen LogP contribution in [0.25, 0.3) is 0 Å². The minimum absolute atomic E-state index is 0.0751. The summed E-state index contributed by atoms with van der Waals surface area (Å²) in [7, 11) is -3.66. The number of rotatable bonds is 5. The summed E-state index contributed by atoms with van der Waals surface area (Å²) >= 11 is 3.24. The third kappa shape index (κ3) is 3.81. The first-order valence-electron chi connectivity index (χ1n) is 5.05. The lowest BCUT2D eigenvalue weighted by Crippen LogP contribution is -2.30. The van der Waals surface area contributed by atoms with Crippen molar-refractivity contribution < 1.29 is 18.3 Å². The van der Waals surface area contributed by atoms with Gasteiger partial charge in [0.15, 0.2) is 15.1 Å². The number of hydrogen-bond acceptors (Lipinski definition) is 3. The molecule has 0 aliphatic heterocycles. The van der Waals surface area contributed by atoms with Crippen molar-refractivity contribution in [3.05, 3.63) is 34.3 Å². The van der Waals surface area contributed by atoms with E-state index in [9.17, 15) is 13.2 Å². The Morgan fingerprint density at radius 3 is 2.59 bits per heavy atom. The molecule has 0 fully saturated rings. The van der Waals surface area contributed by atoms with E-state index in [1.165, 1.54) is 0 Å². The molecule has 0 heterocycles. The Morgan fingerprint density at radius 2 is 2.12 bits per heavy atom. The van der Waals surface area contributed by atoms with Crippen LogP contribution in [0.4, 0.5) is 0 Å². The average molecular weight is 321 g/mol. The van der Waals surface area contributed by atoms with Gasteiger partial charge in [0, 0.05) is 4.47 Å². The number of hydrogen-bond donors (Lipinski definition) is 1. The first-order chi connectivity index (χ1) is 7.86. The van der Waals surface area contributed by atoms with E-state index in [2.05, 4.69) is 15.9 Å². The maximum absolute atomic E-state index is 11.9. The van der Waals surface area contributed by atoms with E-state index in [-0.39, 0.29) is 12.2 Å². The third-order valence-corrected chi connectivity index (χ3v) is 4.97. The van der Waals surface area contributed by atoms with Gasteiger partial charge in [-0.15, -0.1) is 0 Å². The van der Waals surface area contributed by atoms with Gasteiger partial charge in [-0.25, -0.2) is 8.42 Å². The first kappa shape index (κ1) is 14.2. The third-order valence-electron chi connectivity index (χ3n) is 2.34. The summed E-state index contributed by atoms with van der Waals surface area (Å²) in [6.07, 6.45) is 0.0751. The predicted octanol–water partition coefficient (Wildman–Crippen LogP) is 2.23. The molecule has 0 bridgehead atoms. The van der Waals surface area contributed by atoms with Gasteiger partial charge >= 0.3 is 5.97 Å². The molecular weight excluding hydrogens is 308 g/mol. The minimum Gasteiger partial charge on any atom is -0.480 e. The normalized spacial score (nSPS) is 13.3. The van der Waals surface area contributed by atoms with Crippen molar-refractivity contribution in [3.8, 4) is 0 Å². The molecule has 1 N–H and O–H groups in total. The van der Waals surface area contributed by atoms with Crippen LogP contribution in [0.2, 0.25) is 0 Å². The van der Waals surface area contributed by atoms with Crippen LogP contribution in [0.1, 0.15) is 18.9 Å². The Balaban J connectivity index is 2.97. The molecule has 1 rings (SSSR count). The van der Waals surface area contributed by atoms with Crippen molar-refractivity contribution in [1.29, 1.82) is 0 Å². The van der Waals surface area contributed by atoms with Crippen molar-refractivity contribution in [2.75, 3.05) is 0 Å². The zero-order valence-corrected chi connectivity index (χ0v) is 11.7. The van der Waals surface area contributed by atoms with E-state index in [1.807, 2.05) is 0 Å². The molecule has 0 spiro atoms. The molecule has 0 saturated heterocycles. The summed E-state index contributed by atoms with van der Waals surface area (Å²) in [4.78, 5) is 10.8. The number of carboxylic acids is 1. The van der Waals surface area contributed by atoms with E-state index < -0.39 is 21.1 Å². The number of benzene rings is 1. The molecule has 1 aromatic rings. The molecule has 1 unspecified atom stereocenters. The Labute approximate surface area is 109 Å². The van der Waals surface area contributed by atoms with Crippen LogP contribution < -0.4 is 0 Å². The van der Waals surface area contributed by atoms with Crippen LogP contribution in [-0.4, -0.2) is 24.7 Å². The lowest BCUT2D eigenvalue weighted by atomic mass is 10.2. The van der Waals surface area contributed by atoms with Crippen molar-refractivity contribution in [2.24, 2.45) is 0 Å². The molecule has 0 aromatic heterocycles. The predicted molar refractivity (Wildman–Crippen MR) is 68.5 cm³/mol. The van der Waals surface area contributed by atoms with Crippen molar-refractivity contribution in [3.63, 3.8) is 0 Å². The first-order valence-corrected chi connectivity index (χ1v) is 7.56. The van der Waals surface area contributed by atoms with Crippen LogP contribution >= 0.6 is 15.9 Å². The fourth-order valence-electron chi connectivity index (χ4n) is 1.54. The van der Waals surface area contributed by atoms with Crippen LogP contribution in [0, 0.1) is 0 Å². The van der Waals surface area contributed by atoms with Gasteiger partial charge < -0.3 is 5.11 Å². The highest BCUT2D eigenvalue weighted by Crippen LogP contribution is 2.17. The lowest BCUT2D eigenvalue weighted by molar-refractivity contribution is -0.136. The number of carbonyl (C=O) groups is 1. The Morgan fingerprint density at radius 1 is 1.47 bits per heavy atom. The Kier molecular flexibility index (Phi) is 4.70. The molecule has 17 heavy (non-hydrogen) atoms. The van der Waals surface area contributed by atoms with Crippen LogP contribution in [0.5, 0.6) is 0 Å². The van der Waals surface area contributed by atoms with Gasteiger partial charge in [0.2, 0.25) is 0 Å². The van der Waals surface area contributed by atoms with Crippen LogP contribution in [0.15, 0.2) is 28.7 Å². The molecule has 6 heteroatoms. The number of carboxylic acid groups (broad SMARTS) is 1. The summed E-state index contributed by atoms with van der Waals surface area (Å²) in [6, 6.07) is 6.84. The Hall–Kier alpha value is -0.880. The highest BCUT2D eigenvalue weighted by molar-refractivity contribution is 9.10. The monoisotopic (exact) mass is 320 g/mol. The number of aliphatic carboxylic acids is 1. The van der Waals surface area contributed by atoms with Gasteiger partial charge in [-0.3, -0.25) is 4.79 Å². The minimum atomic E-state index is -3.66. The van der Waals surface area contributed by atoms with Crippen molar-refractivity contribution in [1.82, 2.24) is 0 Å². The molecule has 0 amide bonds. The van der Waals surface area contributed by atoms with Crippen LogP contribution in [-0.2, 0) is 20.4 Å². The summed E-state index contributed by atoms with van der Waals surface area (Å²) in [5.41, 5.74) is 0.582. The maximum Gasteiger partial charge on any atom is 0.321 e. The second kappa shape index (κ2) is 5.64. The SMILES string of the molecule is CCC(C(=O)O)S(=O)(=O)Cc1cccc(Br)c1. The van der Waals surface area contributed by atoms with E-state index in [1.54, 1.807) is 31.2 Å². The highest BCUT2D eigenvalue weighted by Gasteiger charge is 2.30. The zero-order valence-electron chi connectivity index (χ0n) is 9.26. The lowest BCUT2D eigenvalue weighted by Gasteiger charge is -2.11. The van der Waals surface area contributed by atoms with Gasteiger partial charge in [-0.05, 0) is 24.1 Å². The fraction of sp³-hybridized carbons (Fsp3) is 0.364. The summed E-state index contributed by atoms with van der Waals surface area (Å²) in [5, 5.41) is 7.52. The molecule has 0 aliphatic rings. The highest BCUT2D eigenvalue weighted by atomic mass is 79.9. The quantitative estimate of drug-likeness (QED) is 0.903. The standard InChI is InChI=1S/C11H13BrO4S/c1-2-10(11(13)14)17(15,16)7-8-4-3-5-9(12)6-8/h3-6,10H,2,7H2,1H3,(H,13,14). The maximum atomic E-state index is 11.9. The Bertz CT molecular complexity index is 510. The average Bonchev–Trinajstić information content (AvgIpc) is 2.16. The second-order valence-electron chi connectivity index (χ2n) is 3.67. The number of halogens is 1. The van der Waals surface area contributed by atoms with Gasteiger partial charge in [-0.1, -0.05) is 35.0 Å². The van der Waals surface area contributed by atoms with Crippen LogP contribution in [0.3, 0.4) is 0 Å². The number of sulfone groups is 1. The fourth-order valence-corrected chi connectivity index (χ4v) is 3.65. The van der Waals surface area contributed by atoms with Gasteiger partial charge in [0.25, 0.3) is 0 Å². The topological polar surface area (TPSA) is 71.4 Å². The van der Waals surface area contributed by atoms with Gasteiger partial charge in [-0.2, -0.15) is 0 Å². The van der Waals surface area contributed by atoms with E-state index in [0.717, 1.165) is 4.47 Å². The van der Waals surface area contributed by atoms with Gasteiger partial charge in [0.05, 0.1) is 5.75 Å². The molecule has 1 atom stereocenters. The molecule has 4 nitrogen and oxygen atoms in total. The smallest absolute Gasteiger partial charge is 0.321 e. The second-order valence-corrected chi connectivity index (χ2v) is 6.77. The van der Waals surface area contributed by atoms with Crippen molar-refractivity contribution in [2.45, 2.75) is 24.3 Å². The summed E-state index contributed by atoms with van der Waals surface area (Å²) in [6.45, 7) is 1.55. The molecule has 0 radical (unpaired) electrons.